The van der Waals surface area contributed by atoms with Gasteiger partial charge in [0.2, 0.25) is 0 Å². The summed E-state index contributed by atoms with van der Waals surface area (Å²) in [5.74, 6) is -0.126. The summed E-state index contributed by atoms with van der Waals surface area (Å²) < 4.78 is 73.7. The highest BCUT2D eigenvalue weighted by molar-refractivity contribution is 7.91. The number of rotatable bonds is 4. The van der Waals surface area contributed by atoms with Crippen LogP contribution in [0.3, 0.4) is 0 Å². The van der Waals surface area contributed by atoms with Crippen LogP contribution in [0.4, 0.5) is 13.2 Å². The van der Waals surface area contributed by atoms with Crippen LogP contribution in [-0.4, -0.2) is 38.8 Å². The molecule has 0 radical (unpaired) electrons. The summed E-state index contributed by atoms with van der Waals surface area (Å²) in [5, 5.41) is -0.200. The van der Waals surface area contributed by atoms with Crippen molar-refractivity contribution in [3.05, 3.63) is 36.5 Å². The Labute approximate surface area is 148 Å². The molecule has 1 unspecified atom stereocenters. The minimum absolute atomic E-state index is 0.00754. The van der Waals surface area contributed by atoms with Crippen LogP contribution < -0.4 is 0 Å². The molecule has 0 fully saturated rings. The van der Waals surface area contributed by atoms with Gasteiger partial charge in [0.1, 0.15) is 16.4 Å². The molecule has 6 nitrogen and oxygen atoms in total. The quantitative estimate of drug-likeness (QED) is 0.723. The van der Waals surface area contributed by atoms with Crippen molar-refractivity contribution in [2.24, 2.45) is 0 Å². The summed E-state index contributed by atoms with van der Waals surface area (Å²) in [6.07, 6.45) is 1.41. The van der Waals surface area contributed by atoms with Gasteiger partial charge in [0.05, 0.1) is 16.3 Å². The number of halogens is 3. The molecule has 1 N–H and O–H groups in total. The lowest BCUT2D eigenvalue weighted by molar-refractivity contribution is -0.0386. The van der Waals surface area contributed by atoms with E-state index in [0.717, 1.165) is 6.07 Å². The lowest BCUT2D eigenvalue weighted by Gasteiger charge is -2.06. The first kappa shape index (κ1) is 18.5. The average molecular weight is 403 g/mol. The molecule has 0 spiro atoms. The summed E-state index contributed by atoms with van der Waals surface area (Å²) in [4.78, 5) is 10.6. The second-order valence-corrected chi connectivity index (χ2v) is 8.90. The third-order valence-electron chi connectivity index (χ3n) is 3.59. The normalized spacial score (nSPS) is 13.8. The van der Waals surface area contributed by atoms with Gasteiger partial charge in [-0.15, -0.1) is 0 Å². The predicted molar refractivity (Wildman–Crippen MR) is 89.5 cm³/mol. The Bertz CT molecular complexity index is 1110. The number of hydrogen-bond donors (Lipinski definition) is 1. The first-order chi connectivity index (χ1) is 12.1. The number of nitrogens with zero attached hydrogens (tertiary/aromatic N) is 2. The van der Waals surface area contributed by atoms with Crippen molar-refractivity contribution >= 4 is 31.7 Å². The van der Waals surface area contributed by atoms with Crippen molar-refractivity contribution in [1.82, 2.24) is 15.0 Å². The summed E-state index contributed by atoms with van der Waals surface area (Å²) in [7, 11) is -6.81. The molecule has 26 heavy (non-hydrogen) atoms. The van der Waals surface area contributed by atoms with E-state index in [9.17, 15) is 25.8 Å². The van der Waals surface area contributed by atoms with Crippen molar-refractivity contribution in [2.45, 2.75) is 22.4 Å². The third kappa shape index (κ3) is 3.36. The Kier molecular flexibility index (Phi) is 4.61. The number of nitrogens with one attached hydrogen (secondary N) is 1. The predicted octanol–water partition coefficient (Wildman–Crippen LogP) is 3.05. The molecule has 3 rings (SSSR count). The molecule has 3 heterocycles. The largest absolute Gasteiger partial charge is 0.477 e. The van der Waals surface area contributed by atoms with Crippen molar-refractivity contribution in [2.75, 3.05) is 5.75 Å². The Hall–Kier alpha value is -2.27. The molecule has 1 atom stereocenters. The zero-order chi connectivity index (χ0) is 19.1. The van der Waals surface area contributed by atoms with Gasteiger partial charge in [0, 0.05) is 11.6 Å². The van der Waals surface area contributed by atoms with Crippen molar-refractivity contribution in [1.29, 1.82) is 0 Å². The van der Waals surface area contributed by atoms with Crippen LogP contribution in [0, 0.1) is 0 Å². The number of H-pyrrole nitrogens is 1. The second kappa shape index (κ2) is 6.47. The molecular weight excluding hydrogens is 391 g/mol. The van der Waals surface area contributed by atoms with Crippen molar-refractivity contribution in [3.8, 4) is 11.4 Å². The van der Waals surface area contributed by atoms with Gasteiger partial charge in [-0.3, -0.25) is 4.98 Å². The summed E-state index contributed by atoms with van der Waals surface area (Å²) in [6.45, 7) is 1.50. The maximum atomic E-state index is 12.6. The van der Waals surface area contributed by atoms with E-state index in [1.54, 1.807) is 0 Å². The van der Waals surface area contributed by atoms with E-state index in [0.29, 0.717) is 5.39 Å². The van der Waals surface area contributed by atoms with Gasteiger partial charge in [0.15, 0.2) is 20.6 Å². The van der Waals surface area contributed by atoms with E-state index >= 15 is 0 Å². The fraction of sp³-hybridized carbons (Fsp3) is 0.200. The van der Waals surface area contributed by atoms with Crippen molar-refractivity contribution < 1.29 is 25.8 Å². The van der Waals surface area contributed by atoms with Gasteiger partial charge in [-0.2, -0.15) is 13.2 Å². The minimum Gasteiger partial charge on any atom is -0.338 e. The lowest BCUT2D eigenvalue weighted by Crippen LogP contribution is -2.17. The molecule has 0 saturated heterocycles. The summed E-state index contributed by atoms with van der Waals surface area (Å²) in [6, 6.07) is 6.77. The maximum Gasteiger partial charge on any atom is 0.477 e. The molecule has 0 bridgehead atoms. The fourth-order valence-corrected chi connectivity index (χ4v) is 3.99. The minimum atomic E-state index is -4.92. The van der Waals surface area contributed by atoms with Gasteiger partial charge in [-0.05, 0) is 30.3 Å². The zero-order valence-electron chi connectivity index (χ0n) is 13.2. The number of hydrogen-bond acceptors (Lipinski definition) is 5. The fourth-order valence-electron chi connectivity index (χ4n) is 2.34. The first-order valence-electron chi connectivity index (χ1n) is 7.30. The number of aromatic nitrogens is 3. The van der Waals surface area contributed by atoms with E-state index in [1.807, 2.05) is 0 Å². The van der Waals surface area contributed by atoms with Gasteiger partial charge >= 0.3 is 5.51 Å². The molecule has 0 amide bonds. The number of fused-ring (bicyclic) bond motifs is 1. The highest BCUT2D eigenvalue weighted by atomic mass is 32.2. The molecule has 0 aliphatic heterocycles. The van der Waals surface area contributed by atoms with Crippen LogP contribution in [0.25, 0.3) is 22.4 Å². The van der Waals surface area contributed by atoms with Gasteiger partial charge < -0.3 is 4.98 Å². The molecule has 11 heteroatoms. The second-order valence-electron chi connectivity index (χ2n) is 5.24. The SMILES string of the molecule is CCS(=O)(=O)c1cccnc1-c1cc2ccc(S(=O)C(F)(F)F)nc2[nH]1. The number of sulfone groups is 1. The summed E-state index contributed by atoms with van der Waals surface area (Å²) in [5.41, 5.74) is -4.43. The van der Waals surface area contributed by atoms with E-state index < -0.39 is 31.2 Å². The van der Waals surface area contributed by atoms with Gasteiger partial charge in [-0.25, -0.2) is 17.6 Å². The average Bonchev–Trinajstić information content (AvgIpc) is 3.03. The number of pyridine rings is 2. The Morgan fingerprint density at radius 2 is 1.96 bits per heavy atom. The van der Waals surface area contributed by atoms with E-state index in [2.05, 4.69) is 15.0 Å². The third-order valence-corrected chi connectivity index (χ3v) is 6.38. The monoisotopic (exact) mass is 403 g/mol. The molecule has 3 aromatic heterocycles. The van der Waals surface area contributed by atoms with Gasteiger partial charge in [-0.1, -0.05) is 6.92 Å². The Balaban J connectivity index is 2.14. The van der Waals surface area contributed by atoms with Crippen LogP contribution in [0.15, 0.2) is 46.5 Å². The van der Waals surface area contributed by atoms with Crippen LogP contribution in [0.1, 0.15) is 6.92 Å². The highest BCUT2D eigenvalue weighted by Crippen LogP contribution is 2.30. The molecule has 3 aromatic rings. The molecular formula is C15H12F3N3O3S2. The molecule has 0 saturated carbocycles. The molecule has 0 aliphatic rings. The van der Waals surface area contributed by atoms with Crippen LogP contribution in [-0.2, 0) is 20.6 Å². The molecule has 0 aliphatic carbocycles. The zero-order valence-corrected chi connectivity index (χ0v) is 14.9. The van der Waals surface area contributed by atoms with E-state index in [-0.39, 0.29) is 27.7 Å². The van der Waals surface area contributed by atoms with E-state index in [4.69, 9.17) is 0 Å². The van der Waals surface area contributed by atoms with E-state index in [1.165, 1.54) is 37.4 Å². The first-order valence-corrected chi connectivity index (χ1v) is 10.1. The molecule has 138 valence electrons. The molecule has 0 aromatic carbocycles. The van der Waals surface area contributed by atoms with Crippen LogP contribution in [0.5, 0.6) is 0 Å². The standard InChI is InChI=1S/C15H12F3N3O3S2/c1-2-26(23,24)11-4-3-7-19-13(11)10-8-9-5-6-12(21-14(9)20-10)25(22)15(16,17)18/h3-8H,2H2,1H3,(H,20,21). The lowest BCUT2D eigenvalue weighted by atomic mass is 10.2. The van der Waals surface area contributed by atoms with Crippen LogP contribution >= 0.6 is 0 Å². The Morgan fingerprint density at radius 1 is 1.23 bits per heavy atom. The van der Waals surface area contributed by atoms with Gasteiger partial charge in [0.25, 0.3) is 0 Å². The van der Waals surface area contributed by atoms with Crippen molar-refractivity contribution in [3.63, 3.8) is 0 Å². The highest BCUT2D eigenvalue weighted by Gasteiger charge is 2.39. The topological polar surface area (TPSA) is 92.8 Å². The summed E-state index contributed by atoms with van der Waals surface area (Å²) >= 11 is 0. The number of alkyl halides is 3. The maximum absolute atomic E-state index is 12.6. The number of aromatic amines is 1. The van der Waals surface area contributed by atoms with Crippen LogP contribution in [0.2, 0.25) is 0 Å². The Morgan fingerprint density at radius 3 is 2.62 bits per heavy atom. The smallest absolute Gasteiger partial charge is 0.338 e.